The maximum atomic E-state index is 12.6. The normalized spacial score (nSPS) is 10.0. The molecule has 0 unspecified atom stereocenters. The van der Waals surface area contributed by atoms with Gasteiger partial charge in [0.1, 0.15) is 0 Å². The van der Waals surface area contributed by atoms with Gasteiger partial charge < -0.3 is 0 Å². The van der Waals surface area contributed by atoms with E-state index in [2.05, 4.69) is 0 Å². The Balaban J connectivity index is 3.49. The van der Waals surface area contributed by atoms with Crippen molar-refractivity contribution in [2.75, 3.05) is 0 Å². The molecule has 1 rings (SSSR count). The number of hydrogen-bond acceptors (Lipinski definition) is 1. The number of carbonyl (C=O) groups excluding carboxylic acids is 1. The van der Waals surface area contributed by atoms with Crippen molar-refractivity contribution in [3.8, 4) is 0 Å². The third kappa shape index (κ3) is 1.20. The van der Waals surface area contributed by atoms with Crippen LogP contribution in [0.25, 0.3) is 0 Å². The van der Waals surface area contributed by atoms with Gasteiger partial charge in [-0.05, 0) is 18.6 Å². The van der Waals surface area contributed by atoms with Crippen LogP contribution in [0.2, 0.25) is 0 Å². The number of hydrogen-bond donors (Lipinski definition) is 0. The molecular weight excluding hydrogens is 169 g/mol. The Bertz CT molecular complexity index is 334. The van der Waals surface area contributed by atoms with E-state index in [4.69, 9.17) is 0 Å². The minimum absolute atomic E-state index is 0.0870. The van der Waals surface area contributed by atoms with E-state index in [-0.39, 0.29) is 11.8 Å². The summed E-state index contributed by atoms with van der Waals surface area (Å²) < 4.78 is 37.7. The highest BCUT2D eigenvalue weighted by Gasteiger charge is 2.15. The van der Waals surface area contributed by atoms with Gasteiger partial charge in [0, 0.05) is 0 Å². The van der Waals surface area contributed by atoms with Crippen LogP contribution in [0.15, 0.2) is 6.07 Å². The highest BCUT2D eigenvalue weighted by molar-refractivity contribution is 5.75. The Morgan fingerprint density at radius 3 is 2.25 bits per heavy atom. The number of carbonyl (C=O) groups is 1. The van der Waals surface area contributed by atoms with Crippen LogP contribution in [0.4, 0.5) is 13.2 Å². The lowest BCUT2D eigenvalue weighted by Crippen LogP contribution is -1.99. The van der Waals surface area contributed by atoms with Gasteiger partial charge in [0.25, 0.3) is 0 Å². The van der Waals surface area contributed by atoms with Crippen LogP contribution in [0.3, 0.4) is 0 Å². The molecule has 64 valence electrons. The molecule has 1 nitrogen and oxygen atoms in total. The molecule has 0 fully saturated rings. The standard InChI is InChI=1S/C8H5F3O/c1-4-2-5(3-12)7(10)8(11)6(4)9/h2-3H,1H3. The van der Waals surface area contributed by atoms with Crippen LogP contribution in [0.5, 0.6) is 0 Å². The molecule has 12 heavy (non-hydrogen) atoms. The Labute approximate surface area is 66.8 Å². The monoisotopic (exact) mass is 174 g/mol. The summed E-state index contributed by atoms with van der Waals surface area (Å²) in [5.41, 5.74) is -0.553. The molecule has 0 amide bonds. The Morgan fingerprint density at radius 1 is 1.17 bits per heavy atom. The van der Waals surface area contributed by atoms with Gasteiger partial charge in [-0.2, -0.15) is 0 Å². The van der Waals surface area contributed by atoms with Gasteiger partial charge in [-0.3, -0.25) is 4.79 Å². The molecule has 0 atom stereocenters. The van der Waals surface area contributed by atoms with Crippen LogP contribution in [0, 0.1) is 24.4 Å². The molecule has 0 saturated heterocycles. The number of halogens is 3. The van der Waals surface area contributed by atoms with E-state index in [9.17, 15) is 18.0 Å². The summed E-state index contributed by atoms with van der Waals surface area (Å²) in [4.78, 5) is 10.1. The molecule has 0 aromatic heterocycles. The van der Waals surface area contributed by atoms with Crippen molar-refractivity contribution < 1.29 is 18.0 Å². The van der Waals surface area contributed by atoms with E-state index in [1.165, 1.54) is 6.92 Å². The zero-order chi connectivity index (χ0) is 9.30. The number of benzene rings is 1. The first-order valence-electron chi connectivity index (χ1n) is 3.17. The van der Waals surface area contributed by atoms with Gasteiger partial charge >= 0.3 is 0 Å². The van der Waals surface area contributed by atoms with E-state index < -0.39 is 23.0 Å². The van der Waals surface area contributed by atoms with Gasteiger partial charge in [-0.1, -0.05) is 0 Å². The fraction of sp³-hybridized carbons (Fsp3) is 0.125. The Kier molecular flexibility index (Phi) is 2.17. The van der Waals surface area contributed by atoms with Crippen molar-refractivity contribution >= 4 is 6.29 Å². The topological polar surface area (TPSA) is 17.1 Å². The number of rotatable bonds is 1. The van der Waals surface area contributed by atoms with E-state index in [0.717, 1.165) is 6.07 Å². The SMILES string of the molecule is Cc1cc(C=O)c(F)c(F)c1F. The first kappa shape index (κ1) is 8.77. The molecule has 0 heterocycles. The zero-order valence-electron chi connectivity index (χ0n) is 6.20. The van der Waals surface area contributed by atoms with Crippen molar-refractivity contribution in [2.24, 2.45) is 0 Å². The van der Waals surface area contributed by atoms with Crippen molar-refractivity contribution in [1.29, 1.82) is 0 Å². The number of aryl methyl sites for hydroxylation is 1. The van der Waals surface area contributed by atoms with Crippen molar-refractivity contribution in [2.45, 2.75) is 6.92 Å². The molecular formula is C8H5F3O. The highest BCUT2D eigenvalue weighted by Crippen LogP contribution is 2.17. The second-order valence-electron chi connectivity index (χ2n) is 2.34. The van der Waals surface area contributed by atoms with Crippen molar-refractivity contribution in [3.05, 3.63) is 34.6 Å². The largest absolute Gasteiger partial charge is 0.298 e. The van der Waals surface area contributed by atoms with Crippen LogP contribution < -0.4 is 0 Å². The third-order valence-electron chi connectivity index (χ3n) is 1.48. The fourth-order valence-corrected chi connectivity index (χ4v) is 0.842. The maximum Gasteiger partial charge on any atom is 0.195 e. The van der Waals surface area contributed by atoms with Crippen molar-refractivity contribution in [3.63, 3.8) is 0 Å². The van der Waals surface area contributed by atoms with E-state index >= 15 is 0 Å². The lowest BCUT2D eigenvalue weighted by molar-refractivity contribution is 0.111. The summed E-state index contributed by atoms with van der Waals surface area (Å²) in [7, 11) is 0. The maximum absolute atomic E-state index is 12.6. The molecule has 0 radical (unpaired) electrons. The van der Waals surface area contributed by atoms with Gasteiger partial charge in [-0.15, -0.1) is 0 Å². The molecule has 0 aliphatic rings. The summed E-state index contributed by atoms with van der Waals surface area (Å²) in [6.45, 7) is 1.25. The average molecular weight is 174 g/mol. The summed E-state index contributed by atoms with van der Waals surface area (Å²) >= 11 is 0. The fourth-order valence-electron chi connectivity index (χ4n) is 0.842. The molecule has 0 N–H and O–H groups in total. The third-order valence-corrected chi connectivity index (χ3v) is 1.48. The van der Waals surface area contributed by atoms with Gasteiger partial charge in [0.05, 0.1) is 5.56 Å². The van der Waals surface area contributed by atoms with Gasteiger partial charge in [0.15, 0.2) is 23.7 Å². The van der Waals surface area contributed by atoms with Crippen molar-refractivity contribution in [1.82, 2.24) is 0 Å². The minimum Gasteiger partial charge on any atom is -0.298 e. The predicted octanol–water partition coefficient (Wildman–Crippen LogP) is 2.22. The molecule has 1 aromatic rings. The molecule has 0 aliphatic heterocycles. The van der Waals surface area contributed by atoms with Crippen LogP contribution in [0.1, 0.15) is 15.9 Å². The quantitative estimate of drug-likeness (QED) is 0.471. The smallest absolute Gasteiger partial charge is 0.195 e. The summed E-state index contributed by atoms with van der Waals surface area (Å²) in [5, 5.41) is 0. The van der Waals surface area contributed by atoms with E-state index in [1.54, 1.807) is 0 Å². The lowest BCUT2D eigenvalue weighted by atomic mass is 10.1. The summed E-state index contributed by atoms with van der Waals surface area (Å²) in [6, 6.07) is 0.959. The van der Waals surface area contributed by atoms with Crippen LogP contribution in [-0.4, -0.2) is 6.29 Å². The lowest BCUT2D eigenvalue weighted by Gasteiger charge is -2.00. The van der Waals surface area contributed by atoms with Crippen LogP contribution >= 0.6 is 0 Å². The Hall–Kier alpha value is -1.32. The van der Waals surface area contributed by atoms with E-state index in [1.807, 2.05) is 0 Å². The molecule has 4 heteroatoms. The van der Waals surface area contributed by atoms with E-state index in [0.29, 0.717) is 0 Å². The predicted molar refractivity (Wildman–Crippen MR) is 36.4 cm³/mol. The second-order valence-corrected chi connectivity index (χ2v) is 2.34. The Morgan fingerprint density at radius 2 is 1.75 bits per heavy atom. The molecule has 0 aliphatic carbocycles. The molecule has 0 spiro atoms. The van der Waals surface area contributed by atoms with Gasteiger partial charge in [0.2, 0.25) is 0 Å². The zero-order valence-corrected chi connectivity index (χ0v) is 6.20. The first-order chi connectivity index (χ1) is 5.57. The number of aldehydes is 1. The molecule has 0 saturated carbocycles. The highest BCUT2D eigenvalue weighted by atomic mass is 19.2. The summed E-state index contributed by atoms with van der Waals surface area (Å²) in [5.74, 6) is -4.29. The minimum atomic E-state index is -1.60. The molecule has 0 bridgehead atoms. The van der Waals surface area contributed by atoms with Gasteiger partial charge in [-0.25, -0.2) is 13.2 Å². The average Bonchev–Trinajstić information content (AvgIpc) is 2.08. The first-order valence-corrected chi connectivity index (χ1v) is 3.17. The van der Waals surface area contributed by atoms with Crippen LogP contribution in [-0.2, 0) is 0 Å². The molecule has 1 aromatic carbocycles. The summed E-state index contributed by atoms with van der Waals surface area (Å²) in [6.07, 6.45) is 0.144. The second kappa shape index (κ2) is 2.97.